The largest absolute Gasteiger partial charge is 0.394 e. The normalized spacial score (nSPS) is 11.7. The third-order valence-electron chi connectivity index (χ3n) is 0.441. The fourth-order valence-corrected chi connectivity index (χ4v) is 0. The highest BCUT2D eigenvalue weighted by Crippen LogP contribution is 1.72. The van der Waals surface area contributed by atoms with E-state index < -0.39 is 6.29 Å². The van der Waals surface area contributed by atoms with Gasteiger partial charge in [0.05, 0.1) is 13.2 Å². The van der Waals surface area contributed by atoms with E-state index in [9.17, 15) is 0 Å². The summed E-state index contributed by atoms with van der Waals surface area (Å²) in [5.74, 6) is 0. The highest BCUT2D eigenvalue weighted by Gasteiger charge is 1.80. The molecule has 0 heterocycles. The summed E-state index contributed by atoms with van der Waals surface area (Å²) in [5.41, 5.74) is 0. The van der Waals surface area contributed by atoms with Gasteiger partial charge < -0.3 is 20.1 Å². The predicted octanol–water partition coefficient (Wildman–Crippen LogP) is -1.06. The summed E-state index contributed by atoms with van der Waals surface area (Å²) in [6.45, 7) is 1.31. The van der Waals surface area contributed by atoms with Crippen LogP contribution in [0.15, 0.2) is 0 Å². The summed E-state index contributed by atoms with van der Waals surface area (Å²) >= 11 is 0. The lowest BCUT2D eigenvalue weighted by Gasteiger charge is -1.94. The van der Waals surface area contributed by atoms with Crippen molar-refractivity contribution >= 4 is 0 Å². The first kappa shape index (κ1) is 11.6. The lowest BCUT2D eigenvalue weighted by molar-refractivity contribution is -0.0583. The molecule has 0 aromatic heterocycles. The molecule has 4 nitrogen and oxygen atoms in total. The van der Waals surface area contributed by atoms with Crippen molar-refractivity contribution in [3.63, 3.8) is 0 Å². The second kappa shape index (κ2) is 10.8. The Kier molecular flexibility index (Phi) is 13.9. The molecule has 0 rings (SSSR count). The number of rotatable bonds is 2. The van der Waals surface area contributed by atoms with Crippen LogP contribution in [-0.4, -0.2) is 41.9 Å². The van der Waals surface area contributed by atoms with E-state index in [0.717, 1.165) is 0 Å². The van der Waals surface area contributed by atoms with Gasteiger partial charge in [0.25, 0.3) is 0 Å². The van der Waals surface area contributed by atoms with E-state index in [1.54, 1.807) is 6.92 Å². The van der Waals surface area contributed by atoms with Crippen LogP contribution in [0.2, 0.25) is 0 Å². The molecular weight excluding hydrogens is 124 g/mol. The summed E-state index contributed by atoms with van der Waals surface area (Å²) in [6, 6.07) is 0. The summed E-state index contributed by atoms with van der Waals surface area (Å²) in [4.78, 5) is 0. The minimum Gasteiger partial charge on any atom is -0.394 e. The lowest BCUT2D eigenvalue weighted by Crippen LogP contribution is -1.99. The zero-order chi connectivity index (χ0) is 7.70. The van der Waals surface area contributed by atoms with E-state index in [0.29, 0.717) is 0 Å². The van der Waals surface area contributed by atoms with Gasteiger partial charge in [-0.25, -0.2) is 0 Å². The first-order valence-corrected chi connectivity index (χ1v) is 2.61. The zero-order valence-corrected chi connectivity index (χ0v) is 5.74. The van der Waals surface area contributed by atoms with Crippen LogP contribution in [-0.2, 0) is 4.74 Å². The summed E-state index contributed by atoms with van der Waals surface area (Å²) in [7, 11) is 1.45. The molecule has 1 atom stereocenters. The molecule has 9 heavy (non-hydrogen) atoms. The van der Waals surface area contributed by atoms with E-state index in [-0.39, 0.29) is 13.2 Å². The second-order valence-electron chi connectivity index (χ2n) is 1.28. The Morgan fingerprint density at radius 3 is 1.56 bits per heavy atom. The first-order chi connectivity index (χ1) is 4.18. The van der Waals surface area contributed by atoms with E-state index in [2.05, 4.69) is 4.74 Å². The van der Waals surface area contributed by atoms with Crippen LogP contribution < -0.4 is 0 Å². The Labute approximate surface area is 54.7 Å². The molecule has 0 aliphatic carbocycles. The minimum absolute atomic E-state index is 0.125. The topological polar surface area (TPSA) is 69.9 Å². The highest BCUT2D eigenvalue weighted by atomic mass is 16.6. The molecule has 1 unspecified atom stereocenters. The molecular formula is C5H14O4. The smallest absolute Gasteiger partial charge is 0.151 e. The molecule has 0 spiro atoms. The molecule has 0 aromatic rings. The standard InChI is InChI=1S/C3H8O2.C2H6O2/c1-3(4)5-2;3-1-2-4/h3-4H,1-2H3;3-4H,1-2H2. The van der Waals surface area contributed by atoms with Gasteiger partial charge in [-0.3, -0.25) is 0 Å². The third kappa shape index (κ3) is 33.2. The van der Waals surface area contributed by atoms with Gasteiger partial charge in [-0.15, -0.1) is 0 Å². The molecule has 0 bridgehead atoms. The van der Waals surface area contributed by atoms with Crippen molar-refractivity contribution in [2.75, 3.05) is 20.3 Å². The second-order valence-corrected chi connectivity index (χ2v) is 1.28. The van der Waals surface area contributed by atoms with Crippen molar-refractivity contribution in [2.45, 2.75) is 13.2 Å². The molecule has 0 aliphatic rings. The van der Waals surface area contributed by atoms with Crippen molar-refractivity contribution in [3.8, 4) is 0 Å². The van der Waals surface area contributed by atoms with Gasteiger partial charge in [0.15, 0.2) is 6.29 Å². The Balaban J connectivity index is 0. The van der Waals surface area contributed by atoms with E-state index in [1.807, 2.05) is 0 Å². The first-order valence-electron chi connectivity index (χ1n) is 2.61. The Morgan fingerprint density at radius 2 is 1.56 bits per heavy atom. The Morgan fingerprint density at radius 1 is 1.33 bits per heavy atom. The van der Waals surface area contributed by atoms with Gasteiger partial charge in [-0.05, 0) is 6.92 Å². The van der Waals surface area contributed by atoms with Gasteiger partial charge in [0, 0.05) is 7.11 Å². The van der Waals surface area contributed by atoms with E-state index >= 15 is 0 Å². The maximum absolute atomic E-state index is 8.14. The van der Waals surface area contributed by atoms with Crippen molar-refractivity contribution in [2.24, 2.45) is 0 Å². The number of methoxy groups -OCH3 is 1. The average molecular weight is 138 g/mol. The molecule has 3 N–H and O–H groups in total. The van der Waals surface area contributed by atoms with Crippen LogP contribution in [0.25, 0.3) is 0 Å². The summed E-state index contributed by atoms with van der Waals surface area (Å²) < 4.78 is 4.31. The number of hydrogen-bond donors (Lipinski definition) is 3. The van der Waals surface area contributed by atoms with Crippen molar-refractivity contribution in [3.05, 3.63) is 0 Å². The van der Waals surface area contributed by atoms with Gasteiger partial charge in [0.1, 0.15) is 0 Å². The zero-order valence-electron chi connectivity index (χ0n) is 5.74. The number of aliphatic hydroxyl groups excluding tert-OH is 3. The predicted molar refractivity (Wildman–Crippen MR) is 32.9 cm³/mol. The van der Waals surface area contributed by atoms with Crippen molar-refractivity contribution in [1.29, 1.82) is 0 Å². The number of ether oxygens (including phenoxy) is 1. The van der Waals surface area contributed by atoms with Crippen LogP contribution >= 0.6 is 0 Å². The fourth-order valence-electron chi connectivity index (χ4n) is 0. The Bertz CT molecular complexity index is 35.9. The maximum atomic E-state index is 8.14. The molecule has 58 valence electrons. The SMILES string of the molecule is COC(C)O.OCCO. The summed E-state index contributed by atoms with van der Waals surface area (Å²) in [6.07, 6.45) is -0.616. The molecule has 0 amide bonds. The molecule has 0 aromatic carbocycles. The highest BCUT2D eigenvalue weighted by molar-refractivity contribution is 4.10. The fraction of sp³-hybridized carbons (Fsp3) is 1.00. The van der Waals surface area contributed by atoms with Gasteiger partial charge >= 0.3 is 0 Å². The molecule has 0 saturated heterocycles. The van der Waals surface area contributed by atoms with Crippen LogP contribution in [0.1, 0.15) is 6.92 Å². The molecule has 0 saturated carbocycles. The van der Waals surface area contributed by atoms with Gasteiger partial charge in [-0.2, -0.15) is 0 Å². The van der Waals surface area contributed by atoms with Crippen LogP contribution in [0.3, 0.4) is 0 Å². The van der Waals surface area contributed by atoms with Crippen LogP contribution in [0, 0.1) is 0 Å². The van der Waals surface area contributed by atoms with Crippen LogP contribution in [0.4, 0.5) is 0 Å². The average Bonchev–Trinajstić information content (AvgIpc) is 1.89. The van der Waals surface area contributed by atoms with Crippen molar-refractivity contribution in [1.82, 2.24) is 0 Å². The third-order valence-corrected chi connectivity index (χ3v) is 0.441. The quantitative estimate of drug-likeness (QED) is 0.425. The van der Waals surface area contributed by atoms with Gasteiger partial charge in [0.2, 0.25) is 0 Å². The number of aliphatic hydroxyl groups is 3. The number of hydrogen-bond acceptors (Lipinski definition) is 4. The lowest BCUT2D eigenvalue weighted by atomic mass is 10.8. The van der Waals surface area contributed by atoms with E-state index in [1.165, 1.54) is 7.11 Å². The van der Waals surface area contributed by atoms with Crippen molar-refractivity contribution < 1.29 is 20.1 Å². The molecule has 0 radical (unpaired) electrons. The minimum atomic E-state index is -0.616. The molecule has 0 fully saturated rings. The molecule has 4 heteroatoms. The van der Waals surface area contributed by atoms with Crippen LogP contribution in [0.5, 0.6) is 0 Å². The maximum Gasteiger partial charge on any atom is 0.151 e. The summed E-state index contributed by atoms with van der Waals surface area (Å²) in [5, 5.41) is 23.4. The molecule has 0 aliphatic heterocycles. The van der Waals surface area contributed by atoms with Gasteiger partial charge in [-0.1, -0.05) is 0 Å². The monoisotopic (exact) mass is 138 g/mol. The van der Waals surface area contributed by atoms with E-state index in [4.69, 9.17) is 15.3 Å². The Hall–Kier alpha value is -0.160.